The Morgan fingerprint density at radius 3 is 2.68 bits per heavy atom. The van der Waals surface area contributed by atoms with Gasteiger partial charge in [-0.15, -0.1) is 15.7 Å². The standard InChI is InChI=1S/C16H12ClN3O5S3/c1-2-19-15(21)12(9-10-4-3-5-11(8-10)20(22)23)26-16(19)18-28(24,25)14-7-6-13(17)27-14/h3-9H,2H2,1H3/b12-9-,18-16+. The van der Waals surface area contributed by atoms with Crippen molar-refractivity contribution in [1.82, 2.24) is 4.90 Å². The minimum Gasteiger partial charge on any atom is -0.286 e. The number of carbonyl (C=O) groups excluding carboxylic acids is 1. The molecule has 0 spiro atoms. The van der Waals surface area contributed by atoms with Gasteiger partial charge in [-0.2, -0.15) is 8.42 Å². The van der Waals surface area contributed by atoms with Crippen LogP contribution in [0.4, 0.5) is 5.69 Å². The van der Waals surface area contributed by atoms with Crippen LogP contribution in [0.25, 0.3) is 6.08 Å². The van der Waals surface area contributed by atoms with Crippen LogP contribution >= 0.6 is 34.7 Å². The molecule has 0 unspecified atom stereocenters. The van der Waals surface area contributed by atoms with Crippen molar-refractivity contribution in [2.75, 3.05) is 6.54 Å². The van der Waals surface area contributed by atoms with Crippen molar-refractivity contribution in [3.05, 3.63) is 61.3 Å². The van der Waals surface area contributed by atoms with Crippen molar-refractivity contribution < 1.29 is 18.1 Å². The molecule has 1 aromatic heterocycles. The highest BCUT2D eigenvalue weighted by Crippen LogP contribution is 2.35. The highest BCUT2D eigenvalue weighted by atomic mass is 35.5. The summed E-state index contributed by atoms with van der Waals surface area (Å²) >= 11 is 7.56. The molecule has 8 nitrogen and oxygen atoms in total. The number of likely N-dealkylation sites (N-methyl/N-ethyl adjacent to an activating group) is 1. The van der Waals surface area contributed by atoms with E-state index in [-0.39, 0.29) is 26.5 Å². The fraction of sp³-hybridized carbons (Fsp3) is 0.125. The van der Waals surface area contributed by atoms with Gasteiger partial charge in [-0.3, -0.25) is 19.8 Å². The smallest absolute Gasteiger partial charge is 0.286 e. The summed E-state index contributed by atoms with van der Waals surface area (Å²) < 4.78 is 29.0. The first-order chi connectivity index (χ1) is 13.2. The summed E-state index contributed by atoms with van der Waals surface area (Å²) in [4.78, 5) is 24.4. The fourth-order valence-electron chi connectivity index (χ4n) is 2.32. The fourth-order valence-corrected chi connectivity index (χ4v) is 6.02. The minimum atomic E-state index is -4.01. The number of nitro benzene ring substituents is 1. The molecule has 1 fully saturated rings. The van der Waals surface area contributed by atoms with Gasteiger partial charge in [0, 0.05) is 18.7 Å². The van der Waals surface area contributed by atoms with Crippen molar-refractivity contribution in [1.29, 1.82) is 0 Å². The van der Waals surface area contributed by atoms with E-state index < -0.39 is 20.9 Å². The lowest BCUT2D eigenvalue weighted by Gasteiger charge is -2.11. The molecule has 0 atom stereocenters. The van der Waals surface area contributed by atoms with Gasteiger partial charge in [-0.25, -0.2) is 0 Å². The first kappa shape index (κ1) is 20.5. The molecule has 0 N–H and O–H groups in total. The molecule has 12 heteroatoms. The Morgan fingerprint density at radius 2 is 2.07 bits per heavy atom. The van der Waals surface area contributed by atoms with Crippen LogP contribution in [0, 0.1) is 10.1 Å². The third-order valence-corrected chi connectivity index (χ3v) is 7.67. The number of halogens is 1. The molecule has 2 heterocycles. The number of thiophene rings is 1. The van der Waals surface area contributed by atoms with Gasteiger partial charge < -0.3 is 0 Å². The molecule has 146 valence electrons. The zero-order valence-electron chi connectivity index (χ0n) is 14.2. The zero-order valence-corrected chi connectivity index (χ0v) is 17.4. The molecular weight excluding hydrogens is 446 g/mol. The van der Waals surface area contributed by atoms with Crippen LogP contribution in [0.3, 0.4) is 0 Å². The number of carbonyl (C=O) groups is 1. The summed E-state index contributed by atoms with van der Waals surface area (Å²) in [5, 5.41) is 10.9. The molecule has 0 radical (unpaired) electrons. The van der Waals surface area contributed by atoms with Crippen molar-refractivity contribution in [2.45, 2.75) is 11.1 Å². The van der Waals surface area contributed by atoms with E-state index >= 15 is 0 Å². The number of sulfonamides is 1. The molecular formula is C16H12ClN3O5S3. The van der Waals surface area contributed by atoms with E-state index in [4.69, 9.17) is 11.6 Å². The molecule has 0 aliphatic carbocycles. The number of non-ortho nitro benzene ring substituents is 1. The van der Waals surface area contributed by atoms with Gasteiger partial charge in [-0.1, -0.05) is 23.7 Å². The lowest BCUT2D eigenvalue weighted by atomic mass is 10.2. The van der Waals surface area contributed by atoms with E-state index in [1.165, 1.54) is 41.3 Å². The SMILES string of the molecule is CCN1C(=O)/C(=C/c2cccc([N+](=O)[O-])c2)S/C1=N/S(=O)(=O)c1ccc(Cl)s1. The molecule has 0 bridgehead atoms. The Morgan fingerprint density at radius 1 is 1.32 bits per heavy atom. The van der Waals surface area contributed by atoms with Crippen LogP contribution in [-0.4, -0.2) is 35.9 Å². The van der Waals surface area contributed by atoms with Gasteiger partial charge in [0.15, 0.2) is 5.17 Å². The quantitative estimate of drug-likeness (QED) is 0.381. The topological polar surface area (TPSA) is 110 Å². The van der Waals surface area contributed by atoms with Crippen LogP contribution in [0.2, 0.25) is 4.34 Å². The third-order valence-electron chi connectivity index (χ3n) is 3.58. The average Bonchev–Trinajstić information content (AvgIpc) is 3.19. The molecule has 1 amide bonds. The Balaban J connectivity index is 1.97. The number of thioether (sulfide) groups is 1. The average molecular weight is 458 g/mol. The Kier molecular flexibility index (Phi) is 5.89. The number of rotatable bonds is 5. The summed E-state index contributed by atoms with van der Waals surface area (Å²) in [5.41, 5.74) is 0.346. The Hall–Kier alpha value is -2.21. The summed E-state index contributed by atoms with van der Waals surface area (Å²) in [6, 6.07) is 8.60. The highest BCUT2D eigenvalue weighted by Gasteiger charge is 2.34. The zero-order chi connectivity index (χ0) is 20.5. The maximum atomic E-state index is 12.6. The van der Waals surface area contributed by atoms with Crippen molar-refractivity contribution in [2.24, 2.45) is 4.40 Å². The highest BCUT2D eigenvalue weighted by molar-refractivity contribution is 8.19. The van der Waals surface area contributed by atoms with Gasteiger partial charge in [-0.05, 0) is 42.5 Å². The second kappa shape index (κ2) is 8.03. The maximum Gasteiger partial charge on any atom is 0.294 e. The van der Waals surface area contributed by atoms with E-state index in [9.17, 15) is 23.3 Å². The summed E-state index contributed by atoms with van der Waals surface area (Å²) in [5.74, 6) is -0.419. The first-order valence-corrected chi connectivity index (χ1v) is 11.2. The monoisotopic (exact) mass is 457 g/mol. The van der Waals surface area contributed by atoms with Crippen LogP contribution in [0.5, 0.6) is 0 Å². The van der Waals surface area contributed by atoms with E-state index in [1.807, 2.05) is 0 Å². The first-order valence-electron chi connectivity index (χ1n) is 7.77. The Bertz CT molecular complexity index is 1120. The van der Waals surface area contributed by atoms with E-state index in [1.54, 1.807) is 13.0 Å². The molecule has 0 saturated carbocycles. The normalized spacial score (nSPS) is 17.6. The maximum absolute atomic E-state index is 12.6. The number of amidine groups is 1. The number of hydrogen-bond donors (Lipinski definition) is 0. The molecule has 2 aromatic rings. The van der Waals surface area contributed by atoms with Gasteiger partial charge in [0.25, 0.3) is 21.6 Å². The van der Waals surface area contributed by atoms with Crippen LogP contribution in [0.1, 0.15) is 12.5 Å². The Labute approximate surface area is 173 Å². The number of nitro groups is 1. The second-order valence-corrected chi connectivity index (χ2v) is 9.97. The van der Waals surface area contributed by atoms with Crippen LogP contribution < -0.4 is 0 Å². The van der Waals surface area contributed by atoms with Crippen molar-refractivity contribution in [3.8, 4) is 0 Å². The third kappa shape index (κ3) is 4.27. The molecule has 1 aliphatic rings. The predicted octanol–water partition coefficient (Wildman–Crippen LogP) is 3.99. The summed E-state index contributed by atoms with van der Waals surface area (Å²) in [6.07, 6.45) is 1.47. The summed E-state index contributed by atoms with van der Waals surface area (Å²) in [7, 11) is -4.01. The van der Waals surface area contributed by atoms with Gasteiger partial charge in [0.1, 0.15) is 4.21 Å². The van der Waals surface area contributed by atoms with Crippen molar-refractivity contribution in [3.63, 3.8) is 0 Å². The predicted molar refractivity (Wildman–Crippen MR) is 110 cm³/mol. The second-order valence-electron chi connectivity index (χ2n) is 5.42. The van der Waals surface area contributed by atoms with E-state index in [2.05, 4.69) is 4.40 Å². The molecule has 1 aromatic carbocycles. The molecule has 1 saturated heterocycles. The largest absolute Gasteiger partial charge is 0.294 e. The molecule has 1 aliphatic heterocycles. The number of hydrogen-bond acceptors (Lipinski definition) is 7. The summed E-state index contributed by atoms with van der Waals surface area (Å²) in [6.45, 7) is 1.91. The van der Waals surface area contributed by atoms with Crippen LogP contribution in [-0.2, 0) is 14.8 Å². The van der Waals surface area contributed by atoms with E-state index in [0.717, 1.165) is 23.1 Å². The number of benzene rings is 1. The van der Waals surface area contributed by atoms with Gasteiger partial charge in [0.05, 0.1) is 14.2 Å². The minimum absolute atomic E-state index is 0.0219. The number of nitrogens with zero attached hydrogens (tertiary/aromatic N) is 3. The molecule has 3 rings (SSSR count). The van der Waals surface area contributed by atoms with Gasteiger partial charge in [0.2, 0.25) is 0 Å². The number of amides is 1. The van der Waals surface area contributed by atoms with Crippen molar-refractivity contribution >= 4 is 67.6 Å². The van der Waals surface area contributed by atoms with Gasteiger partial charge >= 0.3 is 0 Å². The lowest BCUT2D eigenvalue weighted by molar-refractivity contribution is -0.384. The molecule has 28 heavy (non-hydrogen) atoms. The lowest BCUT2D eigenvalue weighted by Crippen LogP contribution is -2.29. The van der Waals surface area contributed by atoms with E-state index in [0.29, 0.717) is 9.90 Å². The van der Waals surface area contributed by atoms with Crippen LogP contribution in [0.15, 0.2) is 49.9 Å².